The van der Waals surface area contributed by atoms with Crippen LogP contribution in [0.2, 0.25) is 5.02 Å². The minimum atomic E-state index is 0.589. The second-order valence-electron chi connectivity index (χ2n) is 8.74. The fourth-order valence-corrected chi connectivity index (χ4v) is 5.28. The number of piperidine rings is 1. The summed E-state index contributed by atoms with van der Waals surface area (Å²) in [6, 6.07) is 20.3. The molecule has 0 radical (unpaired) electrons. The summed E-state index contributed by atoms with van der Waals surface area (Å²) in [6.45, 7) is 4.90. The Balaban J connectivity index is 1.46. The van der Waals surface area contributed by atoms with Crippen LogP contribution in [-0.2, 0) is 0 Å². The molecule has 144 valence electrons. The van der Waals surface area contributed by atoms with E-state index in [4.69, 9.17) is 11.6 Å². The molecular formula is C25H32ClN. The maximum atomic E-state index is 6.15. The third-order valence-electron chi connectivity index (χ3n) is 6.81. The minimum absolute atomic E-state index is 0.589. The van der Waals surface area contributed by atoms with Gasteiger partial charge in [-0.15, -0.1) is 0 Å². The first-order valence-electron chi connectivity index (χ1n) is 10.7. The molecule has 4 rings (SSSR count). The van der Waals surface area contributed by atoms with Crippen LogP contribution in [0.1, 0.15) is 68.5 Å². The van der Waals surface area contributed by atoms with Gasteiger partial charge in [-0.3, -0.25) is 4.90 Å². The molecule has 2 fully saturated rings. The van der Waals surface area contributed by atoms with Gasteiger partial charge < -0.3 is 0 Å². The molecule has 2 aliphatic rings. The van der Waals surface area contributed by atoms with Gasteiger partial charge in [0, 0.05) is 17.6 Å². The van der Waals surface area contributed by atoms with Crippen molar-refractivity contribution in [1.82, 2.24) is 4.90 Å². The largest absolute Gasteiger partial charge is 0.296 e. The number of benzene rings is 2. The Morgan fingerprint density at radius 1 is 0.926 bits per heavy atom. The third kappa shape index (κ3) is 4.58. The topological polar surface area (TPSA) is 3.24 Å². The van der Waals surface area contributed by atoms with E-state index in [0.29, 0.717) is 12.0 Å². The SMILES string of the molecule is CC(C[C@@H]1CCCN(C(c2ccc(Cl)cc2)C2CCC2)C1)c1ccccc1. The van der Waals surface area contributed by atoms with E-state index in [1.54, 1.807) is 0 Å². The Kier molecular flexibility index (Phi) is 6.20. The molecule has 0 amide bonds. The highest BCUT2D eigenvalue weighted by atomic mass is 35.5. The zero-order valence-electron chi connectivity index (χ0n) is 16.5. The lowest BCUT2D eigenvalue weighted by atomic mass is 9.75. The highest BCUT2D eigenvalue weighted by Crippen LogP contribution is 2.43. The van der Waals surface area contributed by atoms with Crippen LogP contribution < -0.4 is 0 Å². The van der Waals surface area contributed by atoms with E-state index >= 15 is 0 Å². The van der Waals surface area contributed by atoms with Gasteiger partial charge in [0.05, 0.1) is 0 Å². The van der Waals surface area contributed by atoms with Gasteiger partial charge in [-0.1, -0.05) is 67.4 Å². The van der Waals surface area contributed by atoms with Crippen molar-refractivity contribution >= 4 is 11.6 Å². The Labute approximate surface area is 169 Å². The van der Waals surface area contributed by atoms with E-state index in [0.717, 1.165) is 16.9 Å². The van der Waals surface area contributed by atoms with Crippen molar-refractivity contribution in [1.29, 1.82) is 0 Å². The fourth-order valence-electron chi connectivity index (χ4n) is 5.16. The van der Waals surface area contributed by atoms with Crippen molar-refractivity contribution in [2.45, 2.75) is 57.4 Å². The first-order chi connectivity index (χ1) is 13.2. The molecule has 0 N–H and O–H groups in total. The molecule has 1 heterocycles. The number of hydrogen-bond donors (Lipinski definition) is 0. The lowest BCUT2D eigenvalue weighted by Crippen LogP contribution is -2.42. The molecule has 1 saturated carbocycles. The lowest BCUT2D eigenvalue weighted by molar-refractivity contribution is 0.0528. The van der Waals surface area contributed by atoms with Crippen LogP contribution in [0.4, 0.5) is 0 Å². The quantitative estimate of drug-likeness (QED) is 0.516. The summed E-state index contributed by atoms with van der Waals surface area (Å²) in [5.41, 5.74) is 2.96. The predicted molar refractivity (Wildman–Crippen MR) is 115 cm³/mol. The second kappa shape index (κ2) is 8.80. The molecule has 1 aliphatic heterocycles. The van der Waals surface area contributed by atoms with Crippen LogP contribution in [0, 0.1) is 11.8 Å². The van der Waals surface area contributed by atoms with Crippen LogP contribution in [0.3, 0.4) is 0 Å². The molecule has 1 saturated heterocycles. The maximum absolute atomic E-state index is 6.15. The van der Waals surface area contributed by atoms with Gasteiger partial charge in [0.15, 0.2) is 0 Å². The standard InChI is InChI=1S/C25H32ClN/c1-19(21-8-3-2-4-9-21)17-20-7-6-16-27(18-20)25(22-10-5-11-22)23-12-14-24(26)15-13-23/h2-4,8-9,12-15,19-20,22,25H,5-7,10-11,16-18H2,1H3/t19?,20-,25?/m0/s1. The highest BCUT2D eigenvalue weighted by Gasteiger charge is 2.35. The molecule has 1 nitrogen and oxygen atoms in total. The average molecular weight is 382 g/mol. The minimum Gasteiger partial charge on any atom is -0.296 e. The Morgan fingerprint density at radius 2 is 1.67 bits per heavy atom. The van der Waals surface area contributed by atoms with Gasteiger partial charge >= 0.3 is 0 Å². The van der Waals surface area contributed by atoms with Crippen molar-refractivity contribution in [3.8, 4) is 0 Å². The van der Waals surface area contributed by atoms with E-state index in [9.17, 15) is 0 Å². The van der Waals surface area contributed by atoms with Crippen LogP contribution in [0.5, 0.6) is 0 Å². The fraction of sp³-hybridized carbons (Fsp3) is 0.520. The third-order valence-corrected chi connectivity index (χ3v) is 7.06. The first kappa shape index (κ1) is 19.0. The molecule has 27 heavy (non-hydrogen) atoms. The van der Waals surface area contributed by atoms with E-state index in [2.05, 4.69) is 66.4 Å². The number of hydrogen-bond acceptors (Lipinski definition) is 1. The second-order valence-corrected chi connectivity index (χ2v) is 9.17. The van der Waals surface area contributed by atoms with E-state index in [-0.39, 0.29) is 0 Å². The summed E-state index contributed by atoms with van der Waals surface area (Å²) in [5, 5.41) is 0.847. The monoisotopic (exact) mass is 381 g/mol. The van der Waals surface area contributed by atoms with E-state index in [1.807, 2.05) is 0 Å². The van der Waals surface area contributed by atoms with Crippen molar-refractivity contribution in [2.24, 2.45) is 11.8 Å². The normalized spacial score (nSPS) is 23.6. The molecule has 1 aliphatic carbocycles. The first-order valence-corrected chi connectivity index (χ1v) is 11.1. The molecule has 2 aromatic carbocycles. The zero-order valence-corrected chi connectivity index (χ0v) is 17.2. The Bertz CT molecular complexity index is 707. The predicted octanol–water partition coefficient (Wildman–Crippen LogP) is 7.09. The molecule has 0 bridgehead atoms. The van der Waals surface area contributed by atoms with Crippen LogP contribution >= 0.6 is 11.6 Å². The molecule has 3 atom stereocenters. The average Bonchev–Trinajstić information content (AvgIpc) is 2.66. The summed E-state index contributed by atoms with van der Waals surface area (Å²) >= 11 is 6.15. The highest BCUT2D eigenvalue weighted by molar-refractivity contribution is 6.30. The number of rotatable bonds is 6. The summed E-state index contributed by atoms with van der Waals surface area (Å²) in [6.07, 6.45) is 8.19. The number of likely N-dealkylation sites (tertiary alicyclic amines) is 1. The smallest absolute Gasteiger partial charge is 0.0406 e. The van der Waals surface area contributed by atoms with Crippen molar-refractivity contribution in [3.63, 3.8) is 0 Å². The van der Waals surface area contributed by atoms with Gasteiger partial charge in [-0.25, -0.2) is 0 Å². The van der Waals surface area contributed by atoms with Gasteiger partial charge in [0.1, 0.15) is 0 Å². The van der Waals surface area contributed by atoms with Crippen LogP contribution in [0.25, 0.3) is 0 Å². The van der Waals surface area contributed by atoms with Crippen molar-refractivity contribution < 1.29 is 0 Å². The van der Waals surface area contributed by atoms with Crippen LogP contribution in [-0.4, -0.2) is 18.0 Å². The van der Waals surface area contributed by atoms with E-state index in [1.165, 1.54) is 62.7 Å². The lowest BCUT2D eigenvalue weighted by Gasteiger charge is -2.45. The molecule has 2 aromatic rings. The van der Waals surface area contributed by atoms with Gasteiger partial charge in [-0.05, 0) is 79.7 Å². The van der Waals surface area contributed by atoms with Crippen molar-refractivity contribution in [3.05, 3.63) is 70.7 Å². The number of nitrogens with zero attached hydrogens (tertiary/aromatic N) is 1. The molecule has 0 aromatic heterocycles. The van der Waals surface area contributed by atoms with Gasteiger partial charge in [-0.2, -0.15) is 0 Å². The van der Waals surface area contributed by atoms with E-state index < -0.39 is 0 Å². The van der Waals surface area contributed by atoms with Gasteiger partial charge in [0.25, 0.3) is 0 Å². The molecular weight excluding hydrogens is 350 g/mol. The van der Waals surface area contributed by atoms with Crippen LogP contribution in [0.15, 0.2) is 54.6 Å². The zero-order chi connectivity index (χ0) is 18.6. The summed E-state index contributed by atoms with van der Waals surface area (Å²) in [4.78, 5) is 2.80. The number of halogens is 1. The Hall–Kier alpha value is -1.31. The van der Waals surface area contributed by atoms with Gasteiger partial charge in [0.2, 0.25) is 0 Å². The Morgan fingerprint density at radius 3 is 2.33 bits per heavy atom. The molecule has 2 unspecified atom stereocenters. The van der Waals surface area contributed by atoms with Crippen molar-refractivity contribution in [2.75, 3.05) is 13.1 Å². The summed E-state index contributed by atoms with van der Waals surface area (Å²) in [7, 11) is 0. The maximum Gasteiger partial charge on any atom is 0.0406 e. The summed E-state index contributed by atoms with van der Waals surface area (Å²) in [5.74, 6) is 2.29. The molecule has 0 spiro atoms. The molecule has 2 heteroatoms. The summed E-state index contributed by atoms with van der Waals surface area (Å²) < 4.78 is 0.